The first-order chi connectivity index (χ1) is 13.2. The summed E-state index contributed by atoms with van der Waals surface area (Å²) >= 11 is 1.67. The maximum absolute atomic E-state index is 10.9. The SMILES string of the molecule is O=C(O)CCc1ccc(OCc2cccs2)c(-c2ccc3[nH]ccc3c2)c1. The number of thiophene rings is 1. The smallest absolute Gasteiger partial charge is 0.303 e. The molecule has 0 saturated heterocycles. The van der Waals surface area contributed by atoms with E-state index in [1.54, 1.807) is 11.3 Å². The van der Waals surface area contributed by atoms with Crippen molar-refractivity contribution < 1.29 is 14.6 Å². The van der Waals surface area contributed by atoms with Crippen LogP contribution in [0, 0.1) is 0 Å². The molecular formula is C22H19NO3S. The van der Waals surface area contributed by atoms with Crippen LogP contribution in [0.25, 0.3) is 22.0 Å². The Morgan fingerprint density at radius 1 is 1.11 bits per heavy atom. The zero-order chi connectivity index (χ0) is 18.6. The normalized spacial score (nSPS) is 11.0. The number of nitrogens with one attached hydrogen (secondary N) is 1. The number of hydrogen-bond acceptors (Lipinski definition) is 3. The number of carbonyl (C=O) groups is 1. The molecule has 4 aromatic rings. The van der Waals surface area contributed by atoms with Crippen molar-refractivity contribution in [1.29, 1.82) is 0 Å². The molecule has 0 atom stereocenters. The van der Waals surface area contributed by atoms with Gasteiger partial charge in [0.1, 0.15) is 12.4 Å². The zero-order valence-electron chi connectivity index (χ0n) is 14.6. The molecule has 5 heteroatoms. The van der Waals surface area contributed by atoms with E-state index in [0.717, 1.165) is 38.2 Å². The Morgan fingerprint density at radius 2 is 2.04 bits per heavy atom. The van der Waals surface area contributed by atoms with E-state index in [1.807, 2.05) is 41.9 Å². The second-order valence-corrected chi connectivity index (χ2v) is 7.40. The number of rotatable bonds is 7. The number of carboxylic acid groups (broad SMARTS) is 1. The van der Waals surface area contributed by atoms with Crippen molar-refractivity contribution in [2.45, 2.75) is 19.4 Å². The Kier molecular flexibility index (Phi) is 4.94. The zero-order valence-corrected chi connectivity index (χ0v) is 15.5. The van der Waals surface area contributed by atoms with Crippen LogP contribution in [0.15, 0.2) is 66.2 Å². The van der Waals surface area contributed by atoms with Crippen LogP contribution in [-0.2, 0) is 17.8 Å². The molecule has 4 rings (SSSR count). The highest BCUT2D eigenvalue weighted by molar-refractivity contribution is 7.09. The molecule has 0 bridgehead atoms. The Morgan fingerprint density at radius 3 is 2.85 bits per heavy atom. The predicted molar refractivity (Wildman–Crippen MR) is 108 cm³/mol. The summed E-state index contributed by atoms with van der Waals surface area (Å²) in [4.78, 5) is 15.3. The summed E-state index contributed by atoms with van der Waals surface area (Å²) in [5.41, 5.74) is 4.12. The number of aromatic amines is 1. The molecule has 0 aliphatic heterocycles. The fraction of sp³-hybridized carbons (Fsp3) is 0.136. The molecule has 0 spiro atoms. The third-order valence-electron chi connectivity index (χ3n) is 4.49. The third kappa shape index (κ3) is 4.04. The van der Waals surface area contributed by atoms with Crippen molar-refractivity contribution in [3.05, 3.63) is 76.6 Å². The van der Waals surface area contributed by atoms with E-state index in [1.165, 1.54) is 0 Å². The van der Waals surface area contributed by atoms with Crippen molar-refractivity contribution in [2.24, 2.45) is 0 Å². The van der Waals surface area contributed by atoms with Crippen LogP contribution in [0.5, 0.6) is 5.75 Å². The number of fused-ring (bicyclic) bond motifs is 1. The summed E-state index contributed by atoms with van der Waals surface area (Å²) in [7, 11) is 0. The molecule has 0 fully saturated rings. The average molecular weight is 377 g/mol. The number of benzene rings is 2. The summed E-state index contributed by atoms with van der Waals surface area (Å²) in [6, 6.07) is 18.3. The predicted octanol–water partition coefficient (Wildman–Crippen LogP) is 5.49. The van der Waals surface area contributed by atoms with Crippen molar-refractivity contribution >= 4 is 28.2 Å². The highest BCUT2D eigenvalue weighted by atomic mass is 32.1. The molecule has 2 N–H and O–H groups in total. The molecule has 0 aliphatic carbocycles. The van der Waals surface area contributed by atoms with E-state index < -0.39 is 5.97 Å². The molecule has 2 aromatic heterocycles. The monoisotopic (exact) mass is 377 g/mol. The molecule has 136 valence electrons. The van der Waals surface area contributed by atoms with Gasteiger partial charge >= 0.3 is 5.97 Å². The van der Waals surface area contributed by atoms with Crippen LogP contribution in [-0.4, -0.2) is 16.1 Å². The van der Waals surface area contributed by atoms with Gasteiger partial charge in [0.25, 0.3) is 0 Å². The second-order valence-electron chi connectivity index (χ2n) is 6.37. The highest BCUT2D eigenvalue weighted by Crippen LogP contribution is 2.34. The fourth-order valence-electron chi connectivity index (χ4n) is 3.10. The van der Waals surface area contributed by atoms with E-state index in [-0.39, 0.29) is 6.42 Å². The van der Waals surface area contributed by atoms with Gasteiger partial charge in [0.05, 0.1) is 0 Å². The lowest BCUT2D eigenvalue weighted by molar-refractivity contribution is -0.136. The van der Waals surface area contributed by atoms with E-state index in [2.05, 4.69) is 29.2 Å². The summed E-state index contributed by atoms with van der Waals surface area (Å²) in [6.07, 6.45) is 2.54. The topological polar surface area (TPSA) is 62.3 Å². The standard InChI is InChI=1S/C22H19NO3S/c24-22(25)8-4-15-3-7-21(26-14-18-2-1-11-27-18)19(12-15)16-5-6-20-17(13-16)9-10-23-20/h1-3,5-7,9-13,23H,4,8,14H2,(H,24,25). The second kappa shape index (κ2) is 7.68. The number of aromatic nitrogens is 1. The molecule has 4 nitrogen and oxygen atoms in total. The highest BCUT2D eigenvalue weighted by Gasteiger charge is 2.11. The van der Waals surface area contributed by atoms with Gasteiger partial charge in [-0.05, 0) is 64.7 Å². The van der Waals surface area contributed by atoms with E-state index in [9.17, 15) is 4.79 Å². The van der Waals surface area contributed by atoms with Gasteiger partial charge in [0, 0.05) is 28.6 Å². The van der Waals surface area contributed by atoms with Crippen LogP contribution in [0.4, 0.5) is 0 Å². The number of carboxylic acids is 1. The van der Waals surface area contributed by atoms with Crippen LogP contribution in [0.1, 0.15) is 16.9 Å². The minimum atomic E-state index is -0.789. The van der Waals surface area contributed by atoms with Crippen LogP contribution in [0.3, 0.4) is 0 Å². The molecular weight excluding hydrogens is 358 g/mol. The van der Waals surface area contributed by atoms with Crippen molar-refractivity contribution in [3.63, 3.8) is 0 Å². The van der Waals surface area contributed by atoms with E-state index >= 15 is 0 Å². The fourth-order valence-corrected chi connectivity index (χ4v) is 3.72. The van der Waals surface area contributed by atoms with Gasteiger partial charge in [-0.1, -0.05) is 18.2 Å². The Labute approximate surface area is 161 Å². The maximum Gasteiger partial charge on any atom is 0.303 e. The summed E-state index contributed by atoms with van der Waals surface area (Å²) < 4.78 is 6.10. The molecule has 27 heavy (non-hydrogen) atoms. The third-order valence-corrected chi connectivity index (χ3v) is 5.34. The Bertz CT molecular complexity index is 1070. The van der Waals surface area contributed by atoms with E-state index in [0.29, 0.717) is 13.0 Å². The first kappa shape index (κ1) is 17.4. The van der Waals surface area contributed by atoms with Gasteiger partial charge < -0.3 is 14.8 Å². The lowest BCUT2D eigenvalue weighted by Gasteiger charge is -2.13. The summed E-state index contributed by atoms with van der Waals surface area (Å²) in [5, 5.41) is 12.1. The maximum atomic E-state index is 10.9. The first-order valence-corrected chi connectivity index (χ1v) is 9.64. The van der Waals surface area contributed by atoms with Gasteiger partial charge in [-0.3, -0.25) is 4.79 Å². The van der Waals surface area contributed by atoms with Crippen LogP contribution >= 0.6 is 11.3 Å². The number of ether oxygens (including phenoxy) is 1. The van der Waals surface area contributed by atoms with Crippen molar-refractivity contribution in [1.82, 2.24) is 4.98 Å². The summed E-state index contributed by atoms with van der Waals surface area (Å²) in [6.45, 7) is 0.519. The summed E-state index contributed by atoms with van der Waals surface area (Å²) in [5.74, 6) is 0.0145. The molecule has 0 radical (unpaired) electrons. The quantitative estimate of drug-likeness (QED) is 0.447. The molecule has 0 amide bonds. The Balaban J connectivity index is 1.69. The minimum Gasteiger partial charge on any atom is -0.487 e. The minimum absolute atomic E-state index is 0.117. The van der Waals surface area contributed by atoms with Gasteiger partial charge in [0.15, 0.2) is 0 Å². The molecule has 0 aliphatic rings. The van der Waals surface area contributed by atoms with Gasteiger partial charge in [-0.25, -0.2) is 0 Å². The van der Waals surface area contributed by atoms with Crippen LogP contribution < -0.4 is 4.74 Å². The lowest BCUT2D eigenvalue weighted by atomic mass is 9.99. The van der Waals surface area contributed by atoms with E-state index in [4.69, 9.17) is 9.84 Å². The van der Waals surface area contributed by atoms with Gasteiger partial charge in [-0.2, -0.15) is 0 Å². The first-order valence-electron chi connectivity index (χ1n) is 8.76. The molecule has 2 aromatic carbocycles. The number of aliphatic carboxylic acids is 1. The van der Waals surface area contributed by atoms with Crippen molar-refractivity contribution in [3.8, 4) is 16.9 Å². The number of H-pyrrole nitrogens is 1. The molecule has 2 heterocycles. The largest absolute Gasteiger partial charge is 0.487 e. The van der Waals surface area contributed by atoms with Crippen molar-refractivity contribution in [2.75, 3.05) is 0 Å². The number of hydrogen-bond donors (Lipinski definition) is 2. The molecule has 0 saturated carbocycles. The average Bonchev–Trinajstić information content (AvgIpc) is 3.35. The van der Waals surface area contributed by atoms with Gasteiger partial charge in [-0.15, -0.1) is 11.3 Å². The molecule has 0 unspecified atom stereocenters. The van der Waals surface area contributed by atoms with Crippen LogP contribution in [0.2, 0.25) is 0 Å². The van der Waals surface area contributed by atoms with Gasteiger partial charge in [0.2, 0.25) is 0 Å². The Hall–Kier alpha value is -3.05. The lowest BCUT2D eigenvalue weighted by Crippen LogP contribution is -1.99. The number of aryl methyl sites for hydroxylation is 1.